The highest BCUT2D eigenvalue weighted by Crippen LogP contribution is 2.44. The van der Waals surface area contributed by atoms with Crippen LogP contribution >= 0.6 is 0 Å². The fourth-order valence-electron chi connectivity index (χ4n) is 8.59. The summed E-state index contributed by atoms with van der Waals surface area (Å²) in [4.78, 5) is 75.6. The first-order valence-electron chi connectivity index (χ1n) is 23.0. The molecule has 65 heavy (non-hydrogen) atoms. The van der Waals surface area contributed by atoms with E-state index in [1.165, 1.54) is 6.08 Å². The predicted octanol–water partition coefficient (Wildman–Crippen LogP) is 5.83. The maximum absolute atomic E-state index is 13.0. The number of esters is 1. The number of fused-ring (bicyclic) bond motifs is 2. The highest BCUT2D eigenvalue weighted by molar-refractivity contribution is 6.94. The Balaban J connectivity index is 1.44. The first kappa shape index (κ1) is 51.9. The van der Waals surface area contributed by atoms with E-state index in [4.69, 9.17) is 38.3 Å². The van der Waals surface area contributed by atoms with E-state index in [0.29, 0.717) is 38.8 Å². The molecule has 2 bridgehead atoms. The monoisotopic (exact) mass is 1010 g/mol. The van der Waals surface area contributed by atoms with Gasteiger partial charge in [-0.1, -0.05) is 37.5 Å². The molecule has 0 aromatic carbocycles. The Morgan fingerprint density at radius 1 is 0.600 bits per heavy atom. The first-order valence-corrected chi connectivity index (χ1v) is 34.8. The summed E-state index contributed by atoms with van der Waals surface area (Å²) >= 11 is 0. The van der Waals surface area contributed by atoms with E-state index >= 15 is 0 Å². The Kier molecular flexibility index (Phi) is 19.3. The largest absolute Gasteiger partial charge is 0.510 e. The lowest BCUT2D eigenvalue weighted by Crippen LogP contribution is -2.78. The zero-order valence-electron chi connectivity index (χ0n) is 37.4. The van der Waals surface area contributed by atoms with Crippen molar-refractivity contribution in [3.05, 3.63) is 98.7 Å². The first-order chi connectivity index (χ1) is 31.2. The van der Waals surface area contributed by atoms with Crippen LogP contribution in [0.3, 0.4) is 0 Å². The normalized spacial score (nSPS) is 32.7. The topological polar surface area (TPSA) is 208 Å². The van der Waals surface area contributed by atoms with Crippen LogP contribution in [-0.4, -0.2) is 112 Å². The second-order valence-electron chi connectivity index (χ2n) is 17.3. The molecule has 4 aliphatic rings. The molecule has 4 N–H and O–H groups in total. The summed E-state index contributed by atoms with van der Waals surface area (Å²) in [6.07, 6.45) is 24.9. The number of nitrogens with zero attached hydrogens (tertiary/aromatic N) is 2. The van der Waals surface area contributed by atoms with E-state index in [0.717, 1.165) is 44.6 Å². The standard InChI is InChI=1S/C42H68N2O15Si6/c1-3-41(45)22-32-51-38-63(50)54-60(47,33-17-31-52-42(46)4-2)55-64(34-15-29-43-25-11-12-26-43)56-61(48,36-23-39-18-7-5-8-19-39)53-62(49,37-24-40-20-9-6-10-21-40)57-65(58-63,59-64)35-16-30-44-27-13-14-28-44/h3-7,9,11-14,25-28,39-40,47-50H,1-2,8,10,15-24,29-38H2. The van der Waals surface area contributed by atoms with Crippen LogP contribution in [0.15, 0.2) is 98.7 Å². The van der Waals surface area contributed by atoms with Crippen LogP contribution in [0, 0.1) is 11.8 Å². The maximum Gasteiger partial charge on any atom is 0.510 e. The van der Waals surface area contributed by atoms with Crippen molar-refractivity contribution in [3.8, 4) is 0 Å². The van der Waals surface area contributed by atoms with Crippen molar-refractivity contribution >= 4 is 64.6 Å². The van der Waals surface area contributed by atoms with E-state index in [1.54, 1.807) is 0 Å². The minimum atomic E-state index is -4.87. The van der Waals surface area contributed by atoms with Crippen molar-refractivity contribution in [2.45, 2.75) is 120 Å². The van der Waals surface area contributed by atoms with Gasteiger partial charge in [0.15, 0.2) is 5.78 Å². The number of ketones is 1. The van der Waals surface area contributed by atoms with Gasteiger partial charge in [0, 0.05) is 80.6 Å². The molecule has 4 heterocycles. The van der Waals surface area contributed by atoms with Crippen LogP contribution in [0.4, 0.5) is 0 Å². The molecule has 2 aliphatic carbocycles. The quantitative estimate of drug-likeness (QED) is 0.0304. The van der Waals surface area contributed by atoms with Crippen molar-refractivity contribution < 1.29 is 67.1 Å². The molecule has 2 aliphatic heterocycles. The lowest BCUT2D eigenvalue weighted by atomic mass is 9.92. The molecule has 2 aromatic rings. The lowest BCUT2D eigenvalue weighted by molar-refractivity contribution is -0.137. The minimum Gasteiger partial charge on any atom is -0.463 e. The van der Waals surface area contributed by atoms with Crippen molar-refractivity contribution in [1.82, 2.24) is 9.13 Å². The molecule has 17 nitrogen and oxygen atoms in total. The Bertz CT molecular complexity index is 1770. The van der Waals surface area contributed by atoms with Crippen LogP contribution in [0.1, 0.15) is 77.0 Å². The van der Waals surface area contributed by atoms with Crippen molar-refractivity contribution in [3.63, 3.8) is 0 Å². The van der Waals surface area contributed by atoms with Crippen molar-refractivity contribution in [1.29, 1.82) is 0 Å². The fraction of sp³-hybridized carbons (Fsp3) is 0.571. The molecule has 0 spiro atoms. The second kappa shape index (κ2) is 24.2. The highest BCUT2D eigenvalue weighted by atomic mass is 28.6. The molecule has 0 radical (unpaired) electrons. The second-order valence-corrected chi connectivity index (χ2v) is 34.2. The van der Waals surface area contributed by atoms with Crippen molar-refractivity contribution in [2.75, 3.05) is 19.4 Å². The number of aryl methyl sites for hydroxylation is 2. The SMILES string of the molecule is C=CC(=O)CCOC[Si]1(O)O[Si](O)(CCCOC(=O)C=C)O[Si]2(CCCn3cccc3)O[Si](O)(CCC3CC=CCC3)O[Si](O)(CCC3CC=CCC3)O[Si](CCCn3cccc3)(O1)O2. The fourth-order valence-corrected chi connectivity index (χ4v) is 36.8. The Labute approximate surface area is 389 Å². The molecule has 2 aromatic heterocycles. The zero-order valence-corrected chi connectivity index (χ0v) is 43.4. The summed E-state index contributed by atoms with van der Waals surface area (Å²) in [5.74, 6) is -0.493. The summed E-state index contributed by atoms with van der Waals surface area (Å²) in [5, 5.41) is 0. The van der Waals surface area contributed by atoms with Gasteiger partial charge in [-0.05, 0) is 113 Å². The molecule has 8 atom stereocenters. The van der Waals surface area contributed by atoms with Gasteiger partial charge in [-0.2, -0.15) is 0 Å². The Morgan fingerprint density at radius 2 is 1.09 bits per heavy atom. The van der Waals surface area contributed by atoms with Crippen LogP contribution in [0.25, 0.3) is 0 Å². The Morgan fingerprint density at radius 3 is 1.57 bits per heavy atom. The van der Waals surface area contributed by atoms with Crippen LogP contribution in [0.5, 0.6) is 0 Å². The number of hydrogen-bond donors (Lipinski definition) is 4. The third-order valence-electron chi connectivity index (χ3n) is 11.9. The average Bonchev–Trinajstić information content (AvgIpc) is 4.00. The van der Waals surface area contributed by atoms with Crippen LogP contribution in [-0.2, 0) is 61.0 Å². The highest BCUT2D eigenvalue weighted by Gasteiger charge is 2.72. The van der Waals surface area contributed by atoms with Gasteiger partial charge in [-0.15, -0.1) is 0 Å². The van der Waals surface area contributed by atoms with Gasteiger partial charge in [-0.3, -0.25) is 4.79 Å². The molecular weight excluding hydrogens is 941 g/mol. The zero-order chi connectivity index (χ0) is 46.3. The van der Waals surface area contributed by atoms with Gasteiger partial charge in [-0.25, -0.2) is 4.79 Å². The number of carbonyl (C=O) groups excluding carboxylic acids is 2. The molecule has 360 valence electrons. The summed E-state index contributed by atoms with van der Waals surface area (Å²) in [6, 6.07) is 7.55. The number of ether oxygens (including phenoxy) is 2. The van der Waals surface area contributed by atoms with E-state index < -0.39 is 65.0 Å². The number of carbonyl (C=O) groups is 2. The lowest BCUT2D eigenvalue weighted by Gasteiger charge is -2.52. The Hall–Kier alpha value is -2.52. The molecule has 23 heteroatoms. The van der Waals surface area contributed by atoms with Gasteiger partial charge in [0.2, 0.25) is 0 Å². The smallest absolute Gasteiger partial charge is 0.463 e. The summed E-state index contributed by atoms with van der Waals surface area (Å²) in [5.41, 5.74) is 0. The molecule has 2 saturated heterocycles. The molecule has 2 fully saturated rings. The summed E-state index contributed by atoms with van der Waals surface area (Å²) in [7, 11) is -27.9. The molecular formula is C42H68N2O15Si6. The van der Waals surface area contributed by atoms with Gasteiger partial charge >= 0.3 is 58.8 Å². The summed E-state index contributed by atoms with van der Waals surface area (Å²) in [6.45, 7) is 7.66. The van der Waals surface area contributed by atoms with Gasteiger partial charge in [0.05, 0.1) is 13.2 Å². The number of rotatable bonds is 25. The third kappa shape index (κ3) is 16.3. The van der Waals surface area contributed by atoms with E-state index in [2.05, 4.69) is 37.5 Å². The van der Waals surface area contributed by atoms with Crippen LogP contribution in [0.2, 0.25) is 30.2 Å². The molecule has 0 amide bonds. The van der Waals surface area contributed by atoms with E-state index in [9.17, 15) is 28.8 Å². The third-order valence-corrected chi connectivity index (χ3v) is 34.9. The minimum absolute atomic E-state index is 0.0224. The average molecular weight is 1010 g/mol. The molecule has 6 rings (SSSR count). The number of aromatic nitrogens is 2. The number of hydrogen-bond acceptors (Lipinski definition) is 15. The van der Waals surface area contributed by atoms with E-state index in [1.807, 2.05) is 58.2 Å². The predicted molar refractivity (Wildman–Crippen MR) is 252 cm³/mol. The molecule has 8 unspecified atom stereocenters. The maximum atomic E-state index is 13.0. The van der Waals surface area contributed by atoms with Gasteiger partial charge < -0.3 is 66.6 Å². The van der Waals surface area contributed by atoms with Gasteiger partial charge in [0.1, 0.15) is 6.23 Å². The molecule has 0 saturated carbocycles. The van der Waals surface area contributed by atoms with Gasteiger partial charge in [0.25, 0.3) is 0 Å². The van der Waals surface area contributed by atoms with Crippen molar-refractivity contribution in [2.24, 2.45) is 11.8 Å². The van der Waals surface area contributed by atoms with E-state index in [-0.39, 0.29) is 73.9 Å². The summed E-state index contributed by atoms with van der Waals surface area (Å²) < 4.78 is 63.4. The number of allylic oxidation sites excluding steroid dienone is 5. The van der Waals surface area contributed by atoms with Crippen LogP contribution < -0.4 is 0 Å².